The van der Waals surface area contributed by atoms with Gasteiger partial charge in [0.05, 0.1) is 5.69 Å². The fraction of sp³-hybridized carbons (Fsp3) is 0.769. The number of hydrogen-bond donors (Lipinski definition) is 1. The summed E-state index contributed by atoms with van der Waals surface area (Å²) in [6.07, 6.45) is 2.12. The average molecular weight is 223 g/mol. The van der Waals surface area contributed by atoms with Crippen LogP contribution >= 0.6 is 0 Å². The maximum absolute atomic E-state index is 4.50. The molecule has 0 aliphatic rings. The maximum atomic E-state index is 4.50. The monoisotopic (exact) mass is 223 g/mol. The van der Waals surface area contributed by atoms with Gasteiger partial charge in [0.1, 0.15) is 0 Å². The van der Waals surface area contributed by atoms with Crippen LogP contribution in [0.15, 0.2) is 6.20 Å². The van der Waals surface area contributed by atoms with Crippen LogP contribution in [0.4, 0.5) is 0 Å². The Balaban J connectivity index is 2.60. The van der Waals surface area contributed by atoms with Gasteiger partial charge in [0.15, 0.2) is 0 Å². The Morgan fingerprint density at radius 1 is 1.38 bits per heavy atom. The van der Waals surface area contributed by atoms with Gasteiger partial charge in [-0.05, 0) is 11.3 Å². The molecule has 0 unspecified atom stereocenters. The average Bonchev–Trinajstić information content (AvgIpc) is 2.44. The molecule has 0 atom stereocenters. The van der Waals surface area contributed by atoms with Crippen molar-refractivity contribution in [3.63, 3.8) is 0 Å². The summed E-state index contributed by atoms with van der Waals surface area (Å²) in [4.78, 5) is 0. The largest absolute Gasteiger partial charge is 0.312 e. The van der Waals surface area contributed by atoms with Crippen molar-refractivity contribution in [3.8, 4) is 0 Å². The van der Waals surface area contributed by atoms with E-state index in [9.17, 15) is 0 Å². The van der Waals surface area contributed by atoms with E-state index in [1.165, 1.54) is 11.3 Å². The van der Waals surface area contributed by atoms with Crippen LogP contribution in [0, 0.1) is 5.41 Å². The predicted molar refractivity (Wildman–Crippen MR) is 68.5 cm³/mol. The van der Waals surface area contributed by atoms with E-state index in [0.29, 0.717) is 11.3 Å². The number of rotatable bonds is 4. The molecule has 92 valence electrons. The molecule has 0 saturated heterocycles. The Bertz CT molecular complexity index is 331. The van der Waals surface area contributed by atoms with Gasteiger partial charge in [-0.3, -0.25) is 4.68 Å². The van der Waals surface area contributed by atoms with Crippen LogP contribution in [0.3, 0.4) is 0 Å². The Morgan fingerprint density at radius 3 is 2.50 bits per heavy atom. The van der Waals surface area contributed by atoms with Gasteiger partial charge in [-0.15, -0.1) is 0 Å². The van der Waals surface area contributed by atoms with Gasteiger partial charge in [0.25, 0.3) is 0 Å². The van der Waals surface area contributed by atoms with Crippen molar-refractivity contribution < 1.29 is 0 Å². The van der Waals surface area contributed by atoms with Crippen molar-refractivity contribution in [1.82, 2.24) is 15.1 Å². The highest BCUT2D eigenvalue weighted by atomic mass is 15.3. The summed E-state index contributed by atoms with van der Waals surface area (Å²) in [7, 11) is 1.99. The summed E-state index contributed by atoms with van der Waals surface area (Å²) in [5.41, 5.74) is 2.87. The molecule has 1 rings (SSSR count). The van der Waals surface area contributed by atoms with Gasteiger partial charge in [-0.1, -0.05) is 34.6 Å². The zero-order valence-electron chi connectivity index (χ0n) is 11.5. The maximum Gasteiger partial charge on any atom is 0.0694 e. The molecule has 3 heteroatoms. The van der Waals surface area contributed by atoms with Crippen molar-refractivity contribution in [1.29, 1.82) is 0 Å². The van der Waals surface area contributed by atoms with Gasteiger partial charge in [0.2, 0.25) is 0 Å². The highest BCUT2D eigenvalue weighted by Gasteiger charge is 2.13. The van der Waals surface area contributed by atoms with Crippen molar-refractivity contribution >= 4 is 0 Å². The third-order valence-corrected chi connectivity index (χ3v) is 2.45. The second-order valence-electron chi connectivity index (χ2n) is 6.03. The first kappa shape index (κ1) is 13.2. The first-order valence-electron chi connectivity index (χ1n) is 6.03. The zero-order chi connectivity index (χ0) is 12.3. The van der Waals surface area contributed by atoms with Gasteiger partial charge >= 0.3 is 0 Å². The minimum atomic E-state index is 0.334. The Labute approximate surface area is 99.2 Å². The molecule has 0 amide bonds. The molecule has 3 nitrogen and oxygen atoms in total. The minimum absolute atomic E-state index is 0.334. The number of aryl methyl sites for hydroxylation is 1. The van der Waals surface area contributed by atoms with E-state index >= 15 is 0 Å². The van der Waals surface area contributed by atoms with Crippen LogP contribution in [0.5, 0.6) is 0 Å². The molecule has 0 aliphatic carbocycles. The molecule has 0 saturated carbocycles. The lowest BCUT2D eigenvalue weighted by molar-refractivity contribution is 0.379. The van der Waals surface area contributed by atoms with E-state index < -0.39 is 0 Å². The van der Waals surface area contributed by atoms with Crippen LogP contribution < -0.4 is 5.32 Å². The molecular formula is C13H25N3. The summed E-state index contributed by atoms with van der Waals surface area (Å²) in [6, 6.07) is 0. The van der Waals surface area contributed by atoms with Crippen LogP contribution in [-0.4, -0.2) is 16.3 Å². The lowest BCUT2D eigenvalue weighted by Gasteiger charge is -2.18. The SMILES string of the molecule is CC(C)c1nn(C)cc1CNCC(C)(C)C. The molecule has 1 N–H and O–H groups in total. The molecule has 16 heavy (non-hydrogen) atoms. The van der Waals surface area contributed by atoms with Gasteiger partial charge in [-0.2, -0.15) is 5.10 Å². The summed E-state index contributed by atoms with van der Waals surface area (Å²) in [5.74, 6) is 0.493. The normalized spacial score (nSPS) is 12.4. The second kappa shape index (κ2) is 5.00. The van der Waals surface area contributed by atoms with E-state index in [2.05, 4.69) is 51.2 Å². The van der Waals surface area contributed by atoms with E-state index in [0.717, 1.165) is 13.1 Å². The topological polar surface area (TPSA) is 29.9 Å². The first-order valence-corrected chi connectivity index (χ1v) is 6.03. The molecule has 0 bridgehead atoms. The van der Waals surface area contributed by atoms with E-state index in [-0.39, 0.29) is 0 Å². The minimum Gasteiger partial charge on any atom is -0.312 e. The van der Waals surface area contributed by atoms with Crippen LogP contribution in [0.2, 0.25) is 0 Å². The molecule has 1 aromatic heterocycles. The standard InChI is InChI=1S/C13H25N3/c1-10(2)12-11(8-16(6)15-12)7-14-9-13(3,4)5/h8,10,14H,7,9H2,1-6H3. The third kappa shape index (κ3) is 3.97. The molecule has 1 heterocycles. The number of hydrogen-bond acceptors (Lipinski definition) is 2. The van der Waals surface area contributed by atoms with Crippen molar-refractivity contribution in [2.45, 2.75) is 47.1 Å². The number of nitrogens with one attached hydrogen (secondary N) is 1. The highest BCUT2D eigenvalue weighted by Crippen LogP contribution is 2.17. The molecule has 0 aliphatic heterocycles. The fourth-order valence-electron chi connectivity index (χ4n) is 1.75. The molecule has 1 aromatic rings. The lowest BCUT2D eigenvalue weighted by atomic mass is 9.97. The van der Waals surface area contributed by atoms with Crippen LogP contribution in [0.1, 0.15) is 51.8 Å². The van der Waals surface area contributed by atoms with Crippen molar-refractivity contribution in [2.75, 3.05) is 6.54 Å². The summed E-state index contributed by atoms with van der Waals surface area (Å²) < 4.78 is 1.91. The fourth-order valence-corrected chi connectivity index (χ4v) is 1.75. The Kier molecular flexibility index (Phi) is 4.14. The summed E-state index contributed by atoms with van der Waals surface area (Å²) >= 11 is 0. The first-order chi connectivity index (χ1) is 7.29. The third-order valence-electron chi connectivity index (χ3n) is 2.45. The van der Waals surface area contributed by atoms with Gasteiger partial charge in [-0.25, -0.2) is 0 Å². The predicted octanol–water partition coefficient (Wildman–Crippen LogP) is 2.68. The summed E-state index contributed by atoms with van der Waals surface area (Å²) in [6.45, 7) is 13.1. The number of aromatic nitrogens is 2. The van der Waals surface area contributed by atoms with E-state index in [1.807, 2.05) is 11.7 Å². The van der Waals surface area contributed by atoms with E-state index in [4.69, 9.17) is 0 Å². The molecule has 0 fully saturated rings. The van der Waals surface area contributed by atoms with Crippen molar-refractivity contribution in [3.05, 3.63) is 17.5 Å². The van der Waals surface area contributed by atoms with Gasteiger partial charge < -0.3 is 5.32 Å². The van der Waals surface area contributed by atoms with Crippen LogP contribution in [0.25, 0.3) is 0 Å². The Hall–Kier alpha value is -0.830. The second-order valence-corrected chi connectivity index (χ2v) is 6.03. The number of nitrogens with zero attached hydrogens (tertiary/aromatic N) is 2. The smallest absolute Gasteiger partial charge is 0.0694 e. The lowest BCUT2D eigenvalue weighted by Crippen LogP contribution is -2.26. The zero-order valence-corrected chi connectivity index (χ0v) is 11.5. The molecule has 0 spiro atoms. The van der Waals surface area contributed by atoms with E-state index in [1.54, 1.807) is 0 Å². The van der Waals surface area contributed by atoms with Gasteiger partial charge in [0, 0.05) is 31.9 Å². The highest BCUT2D eigenvalue weighted by molar-refractivity contribution is 5.19. The molecule has 0 radical (unpaired) electrons. The van der Waals surface area contributed by atoms with Crippen molar-refractivity contribution in [2.24, 2.45) is 12.5 Å². The summed E-state index contributed by atoms with van der Waals surface area (Å²) in [5, 5.41) is 8.00. The quantitative estimate of drug-likeness (QED) is 0.850. The Morgan fingerprint density at radius 2 is 2.00 bits per heavy atom. The molecule has 0 aromatic carbocycles. The molecular weight excluding hydrogens is 198 g/mol. The van der Waals surface area contributed by atoms with Crippen LogP contribution in [-0.2, 0) is 13.6 Å².